The van der Waals surface area contributed by atoms with Crippen LogP contribution >= 0.6 is 11.8 Å². The maximum absolute atomic E-state index is 12.5. The van der Waals surface area contributed by atoms with Crippen molar-refractivity contribution in [1.82, 2.24) is 20.2 Å². The van der Waals surface area contributed by atoms with Gasteiger partial charge in [0.25, 0.3) is 5.76 Å². The number of likely N-dealkylation sites (tertiary alicyclic amines) is 1. The number of aromatic nitrogens is 2. The van der Waals surface area contributed by atoms with Gasteiger partial charge in [-0.15, -0.1) is 0 Å². The second-order valence-electron chi connectivity index (χ2n) is 7.31. The molecule has 1 amide bonds. The summed E-state index contributed by atoms with van der Waals surface area (Å²) in [6, 6.07) is 10.5. The summed E-state index contributed by atoms with van der Waals surface area (Å²) in [6.07, 6.45) is 1.78. The summed E-state index contributed by atoms with van der Waals surface area (Å²) < 4.78 is 25.0. The van der Waals surface area contributed by atoms with Gasteiger partial charge in [0.1, 0.15) is 0 Å². The normalized spacial score (nSPS) is 17.1. The number of aryl methyl sites for hydroxylation is 2. The van der Waals surface area contributed by atoms with E-state index >= 15 is 0 Å². The highest BCUT2D eigenvalue weighted by atomic mass is 32.2. The van der Waals surface area contributed by atoms with Gasteiger partial charge in [0.2, 0.25) is 5.91 Å². The van der Waals surface area contributed by atoms with E-state index in [2.05, 4.69) is 32.3 Å². The van der Waals surface area contributed by atoms with E-state index in [-0.39, 0.29) is 17.1 Å². The first-order valence-electron chi connectivity index (χ1n) is 9.75. The number of nitrogens with one attached hydrogen (secondary N) is 1. The second kappa shape index (κ2) is 10.1. The zero-order chi connectivity index (χ0) is 20.8. The number of nitrogens with zero attached hydrogens (tertiary/aromatic N) is 3. The molecule has 8 heteroatoms. The topological polar surface area (TPSA) is 58.1 Å². The van der Waals surface area contributed by atoms with E-state index in [1.165, 1.54) is 5.56 Å². The molecule has 2 heterocycles. The van der Waals surface area contributed by atoms with Crippen molar-refractivity contribution in [3.63, 3.8) is 0 Å². The molecule has 0 saturated carbocycles. The van der Waals surface area contributed by atoms with Crippen molar-refractivity contribution in [2.75, 3.05) is 13.1 Å². The Labute approximate surface area is 174 Å². The molecule has 5 nitrogen and oxygen atoms in total. The van der Waals surface area contributed by atoms with Crippen LogP contribution in [0.4, 0.5) is 8.78 Å². The van der Waals surface area contributed by atoms with Crippen molar-refractivity contribution in [2.24, 2.45) is 0 Å². The minimum Gasteiger partial charge on any atom is -0.352 e. The third-order valence-electron chi connectivity index (χ3n) is 5.08. The number of halogens is 2. The van der Waals surface area contributed by atoms with Gasteiger partial charge in [-0.3, -0.25) is 9.69 Å². The van der Waals surface area contributed by atoms with Gasteiger partial charge < -0.3 is 5.32 Å². The van der Waals surface area contributed by atoms with Gasteiger partial charge in [0.05, 0.1) is 0 Å². The highest BCUT2D eigenvalue weighted by Gasteiger charge is 2.24. The minimum atomic E-state index is -2.54. The summed E-state index contributed by atoms with van der Waals surface area (Å²) in [6.45, 7) is 6.26. The fourth-order valence-electron chi connectivity index (χ4n) is 3.68. The smallest absolute Gasteiger partial charge is 0.291 e. The first-order chi connectivity index (χ1) is 13.9. The summed E-state index contributed by atoms with van der Waals surface area (Å²) >= 11 is 0.342. The molecule has 0 aliphatic carbocycles. The number of benzene rings is 1. The van der Waals surface area contributed by atoms with Gasteiger partial charge in [-0.2, -0.15) is 8.78 Å². The highest BCUT2D eigenvalue weighted by Crippen LogP contribution is 2.24. The lowest BCUT2D eigenvalue weighted by molar-refractivity contribution is -0.121. The highest BCUT2D eigenvalue weighted by molar-refractivity contribution is 7.99. The average Bonchev–Trinajstić information content (AvgIpc) is 3.08. The summed E-state index contributed by atoms with van der Waals surface area (Å²) in [5.74, 6) is -2.54. The van der Waals surface area contributed by atoms with Crippen LogP contribution in [-0.2, 0) is 17.8 Å². The zero-order valence-corrected chi connectivity index (χ0v) is 17.5. The summed E-state index contributed by atoms with van der Waals surface area (Å²) in [5.41, 5.74) is 3.45. The van der Waals surface area contributed by atoms with Crippen LogP contribution in [-0.4, -0.2) is 45.7 Å². The molecule has 1 N–H and O–H groups in total. The average molecular weight is 421 g/mol. The van der Waals surface area contributed by atoms with E-state index in [0.717, 1.165) is 31.6 Å². The third kappa shape index (κ3) is 6.47. The first-order valence-corrected chi connectivity index (χ1v) is 10.6. The molecule has 1 aliphatic heterocycles. The molecule has 1 aromatic heterocycles. The number of carbonyl (C=O) groups is 1. The molecule has 0 unspecified atom stereocenters. The third-order valence-corrected chi connectivity index (χ3v) is 5.65. The van der Waals surface area contributed by atoms with Crippen molar-refractivity contribution < 1.29 is 13.6 Å². The molecule has 2 aromatic rings. The second-order valence-corrected chi connectivity index (χ2v) is 8.27. The fraction of sp³-hybridized carbons (Fsp3) is 0.476. The Bertz CT molecular complexity index is 812. The lowest BCUT2D eigenvalue weighted by Gasteiger charge is -2.17. The number of amides is 1. The van der Waals surface area contributed by atoms with Crippen molar-refractivity contribution in [2.45, 2.75) is 56.6 Å². The largest absolute Gasteiger partial charge is 0.352 e. The van der Waals surface area contributed by atoms with E-state index in [1.807, 2.05) is 18.2 Å². The molecule has 3 rings (SSSR count). The summed E-state index contributed by atoms with van der Waals surface area (Å²) in [5, 5.41) is 3.19. The number of alkyl halides is 2. The predicted octanol–water partition coefficient (Wildman–Crippen LogP) is 3.73. The monoisotopic (exact) mass is 420 g/mol. The molecule has 0 spiro atoms. The van der Waals surface area contributed by atoms with Crippen LogP contribution < -0.4 is 5.32 Å². The van der Waals surface area contributed by atoms with Crippen molar-refractivity contribution in [3.05, 3.63) is 52.8 Å². The molecular formula is C21H26F2N4OS. The lowest BCUT2D eigenvalue weighted by atomic mass is 10.1. The van der Waals surface area contributed by atoms with Gasteiger partial charge in [-0.25, -0.2) is 9.97 Å². The number of hydrogen-bond acceptors (Lipinski definition) is 5. The van der Waals surface area contributed by atoms with E-state index in [9.17, 15) is 13.6 Å². The minimum absolute atomic E-state index is 0.00129. The molecule has 1 atom stereocenters. The Morgan fingerprint density at radius 1 is 1.24 bits per heavy atom. The predicted molar refractivity (Wildman–Crippen MR) is 110 cm³/mol. The molecule has 1 saturated heterocycles. The van der Waals surface area contributed by atoms with E-state index in [1.54, 1.807) is 13.8 Å². The Balaban J connectivity index is 1.47. The summed E-state index contributed by atoms with van der Waals surface area (Å²) in [4.78, 5) is 23.0. The van der Waals surface area contributed by atoms with Crippen LogP contribution in [0.2, 0.25) is 0 Å². The standard InChI is InChI=1S/C21H26F2N4OS/c1-14-18(15(2)25-21(24-14)29-20(22)23)8-9-19(28)26-17-10-11-27(13-17)12-16-6-4-3-5-7-16/h3-7,17,20H,8-13H2,1-2H3,(H,26,28)/t17-/m1/s1. The Kier molecular flexibility index (Phi) is 7.55. The quantitative estimate of drug-likeness (QED) is 0.521. The molecule has 1 aromatic carbocycles. The van der Waals surface area contributed by atoms with Crippen LogP contribution in [0.15, 0.2) is 35.5 Å². The summed E-state index contributed by atoms with van der Waals surface area (Å²) in [7, 11) is 0. The molecular weight excluding hydrogens is 394 g/mol. The maximum Gasteiger partial charge on any atom is 0.291 e. The number of carbonyl (C=O) groups excluding carboxylic acids is 1. The van der Waals surface area contributed by atoms with E-state index in [0.29, 0.717) is 36.0 Å². The van der Waals surface area contributed by atoms with Crippen LogP contribution in [0.5, 0.6) is 0 Å². The van der Waals surface area contributed by atoms with Crippen molar-refractivity contribution in [1.29, 1.82) is 0 Å². The Morgan fingerprint density at radius 3 is 2.59 bits per heavy atom. The van der Waals surface area contributed by atoms with Gasteiger partial charge in [0, 0.05) is 43.5 Å². The Morgan fingerprint density at radius 2 is 1.93 bits per heavy atom. The SMILES string of the molecule is Cc1nc(SC(F)F)nc(C)c1CCC(=O)N[C@@H]1CCN(Cc2ccccc2)C1. The van der Waals surface area contributed by atoms with E-state index in [4.69, 9.17) is 0 Å². The van der Waals surface area contributed by atoms with Crippen LogP contribution in [0.3, 0.4) is 0 Å². The van der Waals surface area contributed by atoms with Gasteiger partial charge in [-0.05, 0) is 49.6 Å². The van der Waals surface area contributed by atoms with Gasteiger partial charge in [-0.1, -0.05) is 30.3 Å². The van der Waals surface area contributed by atoms with Crippen molar-refractivity contribution in [3.8, 4) is 0 Å². The maximum atomic E-state index is 12.5. The van der Waals surface area contributed by atoms with Crippen LogP contribution in [0.1, 0.15) is 35.4 Å². The number of thioether (sulfide) groups is 1. The van der Waals surface area contributed by atoms with Gasteiger partial charge >= 0.3 is 0 Å². The first kappa shape index (κ1) is 21.6. The molecule has 1 aliphatic rings. The molecule has 0 radical (unpaired) electrons. The number of hydrogen-bond donors (Lipinski definition) is 1. The lowest BCUT2D eigenvalue weighted by Crippen LogP contribution is -2.37. The van der Waals surface area contributed by atoms with E-state index < -0.39 is 5.76 Å². The fourth-order valence-corrected chi connectivity index (χ4v) is 4.22. The Hall–Kier alpha value is -2.06. The van der Waals surface area contributed by atoms with Crippen LogP contribution in [0.25, 0.3) is 0 Å². The molecule has 1 fully saturated rings. The van der Waals surface area contributed by atoms with Crippen molar-refractivity contribution >= 4 is 17.7 Å². The molecule has 0 bridgehead atoms. The van der Waals surface area contributed by atoms with Gasteiger partial charge in [0.15, 0.2) is 5.16 Å². The molecule has 156 valence electrons. The zero-order valence-electron chi connectivity index (χ0n) is 16.7. The number of rotatable bonds is 8. The molecule has 29 heavy (non-hydrogen) atoms. The van der Waals surface area contributed by atoms with Crippen LogP contribution in [0, 0.1) is 13.8 Å².